The number of carbonyl (C=O) groups excluding carboxylic acids is 4. The van der Waals surface area contributed by atoms with Crippen LogP contribution in [0.4, 0.5) is 5.69 Å². The van der Waals surface area contributed by atoms with Crippen LogP contribution >= 0.6 is 11.6 Å². The second-order valence-electron chi connectivity index (χ2n) is 8.43. The minimum absolute atomic E-state index is 0.178. The Labute approximate surface area is 204 Å². The number of fused-ring (bicyclic) bond motifs is 1. The molecule has 1 unspecified atom stereocenters. The van der Waals surface area contributed by atoms with Crippen molar-refractivity contribution in [1.82, 2.24) is 15.1 Å². The average molecular weight is 485 g/mol. The fraction of sp³-hybridized carbons (Fsp3) is 0.360. The van der Waals surface area contributed by atoms with Gasteiger partial charge < -0.3 is 15.5 Å². The van der Waals surface area contributed by atoms with Gasteiger partial charge in [0.1, 0.15) is 6.04 Å². The number of nitrogens with one attached hydrogen (secondary N) is 2. The van der Waals surface area contributed by atoms with Gasteiger partial charge in [-0.05, 0) is 55.7 Å². The molecular formula is C25H29ClN4O4. The van der Waals surface area contributed by atoms with Crippen LogP contribution in [0, 0.1) is 0 Å². The van der Waals surface area contributed by atoms with Crippen LogP contribution in [0.3, 0.4) is 0 Å². The topological polar surface area (TPSA) is 98.8 Å². The molecule has 0 saturated carbocycles. The average Bonchev–Trinajstić information content (AvgIpc) is 3.13. The quantitative estimate of drug-likeness (QED) is 0.484. The van der Waals surface area contributed by atoms with E-state index >= 15 is 0 Å². The van der Waals surface area contributed by atoms with Crippen molar-refractivity contribution in [2.75, 3.05) is 12.4 Å². The van der Waals surface area contributed by atoms with Crippen LogP contribution in [-0.4, -0.2) is 53.1 Å². The molecule has 2 aromatic carbocycles. The van der Waals surface area contributed by atoms with Crippen molar-refractivity contribution in [2.45, 2.75) is 51.9 Å². The Balaban J connectivity index is 0.000000302. The van der Waals surface area contributed by atoms with Gasteiger partial charge in [-0.3, -0.25) is 24.1 Å². The summed E-state index contributed by atoms with van der Waals surface area (Å²) in [4.78, 5) is 50.7. The van der Waals surface area contributed by atoms with E-state index in [1.54, 1.807) is 30.9 Å². The van der Waals surface area contributed by atoms with Crippen molar-refractivity contribution in [3.8, 4) is 0 Å². The van der Waals surface area contributed by atoms with Crippen molar-refractivity contribution in [2.24, 2.45) is 0 Å². The number of hydrogen-bond acceptors (Lipinski definition) is 5. The zero-order chi connectivity index (χ0) is 24.8. The lowest BCUT2D eigenvalue weighted by molar-refractivity contribution is -0.154. The number of piperidine rings is 1. The third kappa shape index (κ3) is 5.56. The molecule has 9 heteroatoms. The van der Waals surface area contributed by atoms with E-state index in [-0.39, 0.29) is 30.2 Å². The van der Waals surface area contributed by atoms with Crippen LogP contribution in [0.5, 0.6) is 0 Å². The van der Waals surface area contributed by atoms with E-state index < -0.39 is 6.04 Å². The minimum atomic E-state index is -0.600. The Morgan fingerprint density at radius 3 is 2.53 bits per heavy atom. The van der Waals surface area contributed by atoms with Crippen LogP contribution in [0.25, 0.3) is 0 Å². The highest BCUT2D eigenvalue weighted by molar-refractivity contribution is 6.30. The summed E-state index contributed by atoms with van der Waals surface area (Å²) in [5.74, 6) is -0.654. The van der Waals surface area contributed by atoms with Crippen LogP contribution in [0.2, 0.25) is 5.02 Å². The fourth-order valence-corrected chi connectivity index (χ4v) is 4.37. The first kappa shape index (κ1) is 25.2. The molecule has 1 atom stereocenters. The van der Waals surface area contributed by atoms with E-state index in [1.165, 1.54) is 4.90 Å². The maximum absolute atomic E-state index is 12.7. The SMILES string of the molecule is CC(C)N1C(=O)CCC(N2Cc3cc(CNC=O)ccc3C2=O)C1=O.CNc1cccc(Cl)c1. The zero-order valence-electron chi connectivity index (χ0n) is 19.5. The Bertz CT molecular complexity index is 1090. The lowest BCUT2D eigenvalue weighted by Crippen LogP contribution is -2.56. The molecule has 1 fully saturated rings. The Morgan fingerprint density at radius 1 is 1.15 bits per heavy atom. The van der Waals surface area contributed by atoms with Gasteiger partial charge in [0.05, 0.1) is 0 Å². The number of halogens is 1. The predicted molar refractivity (Wildman–Crippen MR) is 130 cm³/mol. The van der Waals surface area contributed by atoms with Gasteiger partial charge in [-0.1, -0.05) is 29.8 Å². The third-order valence-corrected chi connectivity index (χ3v) is 6.05. The third-order valence-electron chi connectivity index (χ3n) is 5.82. The highest BCUT2D eigenvalue weighted by Gasteiger charge is 2.43. The van der Waals surface area contributed by atoms with Crippen molar-refractivity contribution < 1.29 is 19.2 Å². The normalized spacial score (nSPS) is 17.3. The van der Waals surface area contributed by atoms with E-state index in [4.69, 9.17) is 11.6 Å². The summed E-state index contributed by atoms with van der Waals surface area (Å²) < 4.78 is 0. The van der Waals surface area contributed by atoms with Crippen molar-refractivity contribution in [1.29, 1.82) is 0 Å². The second kappa shape index (κ2) is 11.2. The Kier molecular flexibility index (Phi) is 8.28. The second-order valence-corrected chi connectivity index (χ2v) is 8.87. The lowest BCUT2D eigenvalue weighted by Gasteiger charge is -2.37. The molecule has 34 heavy (non-hydrogen) atoms. The van der Waals surface area contributed by atoms with Crippen molar-refractivity contribution in [3.63, 3.8) is 0 Å². The molecular weight excluding hydrogens is 456 g/mol. The number of carbonyl (C=O) groups is 4. The number of amides is 4. The Morgan fingerprint density at radius 2 is 1.91 bits per heavy atom. The molecule has 2 heterocycles. The van der Waals surface area contributed by atoms with Crippen molar-refractivity contribution in [3.05, 3.63) is 64.2 Å². The van der Waals surface area contributed by atoms with Gasteiger partial charge in [0.25, 0.3) is 11.8 Å². The van der Waals surface area contributed by atoms with Crippen LogP contribution in [-0.2, 0) is 27.5 Å². The first-order valence-corrected chi connectivity index (χ1v) is 11.5. The Hall–Kier alpha value is -3.39. The van der Waals surface area contributed by atoms with Gasteiger partial charge in [-0.15, -0.1) is 0 Å². The molecule has 4 rings (SSSR count). The van der Waals surface area contributed by atoms with Crippen LogP contribution in [0.1, 0.15) is 48.2 Å². The number of imide groups is 1. The summed E-state index contributed by atoms with van der Waals surface area (Å²) >= 11 is 5.68. The molecule has 4 amide bonds. The molecule has 1 saturated heterocycles. The summed E-state index contributed by atoms with van der Waals surface area (Å²) in [7, 11) is 1.87. The molecule has 0 aliphatic carbocycles. The molecule has 0 aromatic heterocycles. The number of hydrogen-bond donors (Lipinski definition) is 2. The minimum Gasteiger partial charge on any atom is -0.388 e. The van der Waals surface area contributed by atoms with Crippen LogP contribution < -0.4 is 10.6 Å². The van der Waals surface area contributed by atoms with Gasteiger partial charge in [0, 0.05) is 48.9 Å². The number of benzene rings is 2. The standard InChI is InChI=1S/C18H21N3O4.C7H8ClN/c1-11(2)21-16(23)6-5-15(18(21)25)20-9-13-7-12(8-19-10-22)3-4-14(13)17(20)24;1-9-7-4-2-3-6(8)5-7/h3-4,7,10-11,15H,5-6,8-9H2,1-2H3,(H,19,22);2-5,9H,1H3. The first-order chi connectivity index (χ1) is 16.3. The van der Waals surface area contributed by atoms with E-state index in [1.807, 2.05) is 37.4 Å². The number of likely N-dealkylation sites (tertiary alicyclic amines) is 1. The van der Waals surface area contributed by atoms with Gasteiger partial charge >= 0.3 is 0 Å². The molecule has 180 valence electrons. The first-order valence-electron chi connectivity index (χ1n) is 11.2. The summed E-state index contributed by atoms with van der Waals surface area (Å²) in [5.41, 5.74) is 3.36. The number of rotatable bonds is 6. The van der Waals surface area contributed by atoms with Gasteiger partial charge in [0.2, 0.25) is 12.3 Å². The molecule has 0 spiro atoms. The molecule has 2 aliphatic heterocycles. The summed E-state index contributed by atoms with van der Waals surface area (Å²) in [6.07, 6.45) is 1.26. The monoisotopic (exact) mass is 484 g/mol. The number of nitrogens with zero attached hydrogens (tertiary/aromatic N) is 2. The highest BCUT2D eigenvalue weighted by Crippen LogP contribution is 2.30. The maximum atomic E-state index is 12.7. The summed E-state index contributed by atoms with van der Waals surface area (Å²) in [6.45, 7) is 4.33. The zero-order valence-corrected chi connectivity index (χ0v) is 20.3. The predicted octanol–water partition coefficient (Wildman–Crippen LogP) is 3.20. The molecule has 2 aliphatic rings. The summed E-state index contributed by atoms with van der Waals surface area (Å²) in [6, 6.07) is 12.2. The highest BCUT2D eigenvalue weighted by atomic mass is 35.5. The smallest absolute Gasteiger partial charge is 0.255 e. The van der Waals surface area contributed by atoms with Gasteiger partial charge in [-0.2, -0.15) is 0 Å². The van der Waals surface area contributed by atoms with E-state index in [2.05, 4.69) is 10.6 Å². The molecule has 0 radical (unpaired) electrons. The molecule has 2 aromatic rings. The van der Waals surface area contributed by atoms with Crippen LogP contribution in [0.15, 0.2) is 42.5 Å². The number of anilines is 1. The van der Waals surface area contributed by atoms with Gasteiger partial charge in [0.15, 0.2) is 0 Å². The lowest BCUT2D eigenvalue weighted by atomic mass is 10.0. The fourth-order valence-electron chi connectivity index (χ4n) is 4.18. The van der Waals surface area contributed by atoms with Gasteiger partial charge in [-0.25, -0.2) is 0 Å². The molecule has 8 nitrogen and oxygen atoms in total. The maximum Gasteiger partial charge on any atom is 0.255 e. The van der Waals surface area contributed by atoms with E-state index in [9.17, 15) is 19.2 Å². The van der Waals surface area contributed by atoms with Crippen molar-refractivity contribution >= 4 is 41.4 Å². The van der Waals surface area contributed by atoms with E-state index in [0.717, 1.165) is 21.8 Å². The van der Waals surface area contributed by atoms with E-state index in [0.29, 0.717) is 31.5 Å². The largest absolute Gasteiger partial charge is 0.388 e. The summed E-state index contributed by atoms with van der Waals surface area (Å²) in [5, 5.41) is 6.34. The molecule has 0 bridgehead atoms. The molecule has 2 N–H and O–H groups in total.